The average Bonchev–Trinajstić information content (AvgIpc) is 3.13. The SMILES string of the molecule is COC(=O)C[C@H](NC(=O)OCc1ccccc1)C(=O)N[C@H]1CCOC1OC. The molecule has 2 amide bonds. The Morgan fingerprint density at radius 1 is 1.22 bits per heavy atom. The van der Waals surface area contributed by atoms with E-state index in [1.807, 2.05) is 18.2 Å². The molecule has 0 bridgehead atoms. The molecular formula is C18H24N2O7. The number of rotatable bonds is 8. The molecule has 9 heteroatoms. The van der Waals surface area contributed by atoms with Crippen molar-refractivity contribution in [2.45, 2.75) is 37.8 Å². The van der Waals surface area contributed by atoms with Crippen molar-refractivity contribution in [2.75, 3.05) is 20.8 Å². The van der Waals surface area contributed by atoms with Crippen molar-refractivity contribution >= 4 is 18.0 Å². The standard InChI is InChI=1S/C18H24N2O7/c1-24-15(21)10-14(16(22)19-13-8-9-26-17(13)25-2)20-18(23)27-11-12-6-4-3-5-7-12/h3-7,13-14,17H,8-11H2,1-2H3,(H,19,22)(H,20,23)/t13-,14-,17?/m0/s1. The van der Waals surface area contributed by atoms with Gasteiger partial charge < -0.3 is 29.6 Å². The van der Waals surface area contributed by atoms with Gasteiger partial charge in [0.15, 0.2) is 6.29 Å². The Bertz CT molecular complexity index is 638. The van der Waals surface area contributed by atoms with Crippen LogP contribution in [0.15, 0.2) is 30.3 Å². The van der Waals surface area contributed by atoms with Gasteiger partial charge in [0.1, 0.15) is 12.6 Å². The number of hydrogen-bond acceptors (Lipinski definition) is 7. The lowest BCUT2D eigenvalue weighted by Gasteiger charge is -2.22. The zero-order valence-corrected chi connectivity index (χ0v) is 15.3. The number of nitrogens with one attached hydrogen (secondary N) is 2. The van der Waals surface area contributed by atoms with Crippen LogP contribution in [-0.4, -0.2) is 57.2 Å². The first-order valence-corrected chi connectivity index (χ1v) is 8.52. The molecule has 0 radical (unpaired) electrons. The van der Waals surface area contributed by atoms with Gasteiger partial charge in [0.2, 0.25) is 5.91 Å². The summed E-state index contributed by atoms with van der Waals surface area (Å²) in [6.45, 7) is 0.485. The summed E-state index contributed by atoms with van der Waals surface area (Å²) in [7, 11) is 2.68. The van der Waals surface area contributed by atoms with Crippen LogP contribution in [0.2, 0.25) is 0 Å². The molecule has 0 saturated carbocycles. The van der Waals surface area contributed by atoms with Gasteiger partial charge in [-0.2, -0.15) is 0 Å². The summed E-state index contributed by atoms with van der Waals surface area (Å²) in [5.74, 6) is -1.18. The number of esters is 1. The molecule has 148 valence electrons. The summed E-state index contributed by atoms with van der Waals surface area (Å²) in [4.78, 5) is 36.2. The third-order valence-electron chi connectivity index (χ3n) is 4.02. The first-order chi connectivity index (χ1) is 13.0. The summed E-state index contributed by atoms with van der Waals surface area (Å²) >= 11 is 0. The van der Waals surface area contributed by atoms with Crippen LogP contribution in [0, 0.1) is 0 Å². The molecule has 27 heavy (non-hydrogen) atoms. The van der Waals surface area contributed by atoms with Gasteiger partial charge in [-0.3, -0.25) is 9.59 Å². The highest BCUT2D eigenvalue weighted by Gasteiger charge is 2.33. The summed E-state index contributed by atoms with van der Waals surface area (Å²) in [6, 6.07) is 7.58. The van der Waals surface area contributed by atoms with E-state index in [0.717, 1.165) is 5.56 Å². The summed E-state index contributed by atoms with van der Waals surface area (Å²) < 4.78 is 20.2. The number of amides is 2. The fourth-order valence-electron chi connectivity index (χ4n) is 2.59. The van der Waals surface area contributed by atoms with E-state index in [0.29, 0.717) is 13.0 Å². The highest BCUT2D eigenvalue weighted by atomic mass is 16.7. The number of carbonyl (C=O) groups is 3. The smallest absolute Gasteiger partial charge is 0.408 e. The number of ether oxygens (including phenoxy) is 4. The fraction of sp³-hybridized carbons (Fsp3) is 0.500. The van der Waals surface area contributed by atoms with Crippen LogP contribution in [0.1, 0.15) is 18.4 Å². The molecule has 2 N–H and O–H groups in total. The first kappa shape index (κ1) is 20.7. The van der Waals surface area contributed by atoms with Gasteiger partial charge in [-0.1, -0.05) is 30.3 Å². The van der Waals surface area contributed by atoms with E-state index < -0.39 is 30.3 Å². The van der Waals surface area contributed by atoms with Crippen molar-refractivity contribution in [2.24, 2.45) is 0 Å². The van der Waals surface area contributed by atoms with Crippen LogP contribution in [0.3, 0.4) is 0 Å². The summed E-state index contributed by atoms with van der Waals surface area (Å²) in [5.41, 5.74) is 0.799. The predicted molar refractivity (Wildman–Crippen MR) is 93.5 cm³/mol. The van der Waals surface area contributed by atoms with Crippen LogP contribution in [-0.2, 0) is 35.1 Å². The van der Waals surface area contributed by atoms with Gasteiger partial charge in [-0.25, -0.2) is 4.79 Å². The summed E-state index contributed by atoms with van der Waals surface area (Å²) in [6.07, 6.45) is -1.15. The minimum Gasteiger partial charge on any atom is -0.469 e. The maximum atomic E-state index is 12.5. The first-order valence-electron chi connectivity index (χ1n) is 8.52. The Labute approximate surface area is 157 Å². The van der Waals surface area contributed by atoms with Crippen molar-refractivity contribution in [1.82, 2.24) is 10.6 Å². The Morgan fingerprint density at radius 2 is 1.96 bits per heavy atom. The molecule has 0 aromatic heterocycles. The van der Waals surface area contributed by atoms with Crippen LogP contribution in [0.25, 0.3) is 0 Å². The average molecular weight is 380 g/mol. The maximum Gasteiger partial charge on any atom is 0.408 e. The predicted octanol–water partition coefficient (Wildman–Crippen LogP) is 0.722. The van der Waals surface area contributed by atoms with E-state index in [1.165, 1.54) is 14.2 Å². The molecule has 1 unspecified atom stereocenters. The number of hydrogen-bond donors (Lipinski definition) is 2. The molecule has 1 aliphatic heterocycles. The molecule has 0 spiro atoms. The second-order valence-corrected chi connectivity index (χ2v) is 5.92. The zero-order valence-electron chi connectivity index (χ0n) is 15.3. The van der Waals surface area contributed by atoms with Gasteiger partial charge in [-0.15, -0.1) is 0 Å². The van der Waals surface area contributed by atoms with Crippen LogP contribution < -0.4 is 10.6 Å². The Morgan fingerprint density at radius 3 is 2.63 bits per heavy atom. The lowest BCUT2D eigenvalue weighted by molar-refractivity contribution is -0.143. The Balaban J connectivity index is 1.92. The molecule has 1 aliphatic rings. The minimum absolute atomic E-state index is 0.0431. The number of methoxy groups -OCH3 is 2. The third-order valence-corrected chi connectivity index (χ3v) is 4.02. The molecule has 1 aromatic carbocycles. The highest BCUT2D eigenvalue weighted by molar-refractivity contribution is 5.89. The van der Waals surface area contributed by atoms with Crippen molar-refractivity contribution in [3.8, 4) is 0 Å². The largest absolute Gasteiger partial charge is 0.469 e. The molecule has 3 atom stereocenters. The van der Waals surface area contributed by atoms with Crippen molar-refractivity contribution < 1.29 is 33.3 Å². The topological polar surface area (TPSA) is 112 Å². The maximum absolute atomic E-state index is 12.5. The monoisotopic (exact) mass is 380 g/mol. The lowest BCUT2D eigenvalue weighted by Crippen LogP contribution is -2.52. The molecule has 9 nitrogen and oxygen atoms in total. The number of alkyl carbamates (subject to hydrolysis) is 1. The third kappa shape index (κ3) is 6.54. The molecule has 1 fully saturated rings. The van der Waals surface area contributed by atoms with E-state index in [4.69, 9.17) is 14.2 Å². The number of benzene rings is 1. The van der Waals surface area contributed by atoms with E-state index >= 15 is 0 Å². The van der Waals surface area contributed by atoms with Crippen molar-refractivity contribution in [3.63, 3.8) is 0 Å². The van der Waals surface area contributed by atoms with E-state index in [1.54, 1.807) is 12.1 Å². The quantitative estimate of drug-likeness (QED) is 0.639. The second-order valence-electron chi connectivity index (χ2n) is 5.92. The van der Waals surface area contributed by atoms with Gasteiger partial charge in [0, 0.05) is 7.11 Å². The molecule has 0 aliphatic carbocycles. The second kappa shape index (κ2) is 10.5. The van der Waals surface area contributed by atoms with Crippen LogP contribution in [0.5, 0.6) is 0 Å². The molecular weight excluding hydrogens is 356 g/mol. The molecule has 2 rings (SSSR count). The van der Waals surface area contributed by atoms with Crippen molar-refractivity contribution in [3.05, 3.63) is 35.9 Å². The lowest BCUT2D eigenvalue weighted by atomic mass is 10.1. The van der Waals surface area contributed by atoms with Crippen molar-refractivity contribution in [1.29, 1.82) is 0 Å². The van der Waals surface area contributed by atoms with E-state index in [-0.39, 0.29) is 19.1 Å². The highest BCUT2D eigenvalue weighted by Crippen LogP contribution is 2.14. The molecule has 1 saturated heterocycles. The normalized spacial score (nSPS) is 19.8. The van der Waals surface area contributed by atoms with Gasteiger partial charge in [0.05, 0.1) is 26.2 Å². The van der Waals surface area contributed by atoms with Crippen LogP contribution in [0.4, 0.5) is 4.79 Å². The van der Waals surface area contributed by atoms with E-state index in [9.17, 15) is 14.4 Å². The molecule has 1 heterocycles. The number of carbonyl (C=O) groups excluding carboxylic acids is 3. The van der Waals surface area contributed by atoms with Gasteiger partial charge in [-0.05, 0) is 12.0 Å². The van der Waals surface area contributed by atoms with Gasteiger partial charge in [0.25, 0.3) is 0 Å². The zero-order chi connectivity index (χ0) is 19.6. The van der Waals surface area contributed by atoms with E-state index in [2.05, 4.69) is 15.4 Å². The Kier molecular flexibility index (Phi) is 8.02. The fourth-order valence-corrected chi connectivity index (χ4v) is 2.59. The minimum atomic E-state index is -1.14. The Hall–Kier alpha value is -2.65. The summed E-state index contributed by atoms with van der Waals surface area (Å²) in [5, 5.41) is 5.12. The molecule has 1 aromatic rings. The van der Waals surface area contributed by atoms with Crippen LogP contribution >= 0.6 is 0 Å². The van der Waals surface area contributed by atoms with Gasteiger partial charge >= 0.3 is 12.1 Å².